The van der Waals surface area contributed by atoms with Crippen molar-refractivity contribution in [3.8, 4) is 0 Å². The van der Waals surface area contributed by atoms with Crippen molar-refractivity contribution in [3.63, 3.8) is 0 Å². The minimum atomic E-state index is -0.262. The van der Waals surface area contributed by atoms with Crippen molar-refractivity contribution >= 4 is 28.4 Å². The van der Waals surface area contributed by atoms with Crippen LogP contribution in [0.25, 0.3) is 0 Å². The monoisotopic (exact) mass is 749 g/mol. The highest BCUT2D eigenvalue weighted by Gasteiger charge is 2.50. The van der Waals surface area contributed by atoms with Gasteiger partial charge in [0.1, 0.15) is 0 Å². The first-order chi connectivity index (χ1) is 27.2. The van der Waals surface area contributed by atoms with E-state index in [0.29, 0.717) is 6.04 Å². The third-order valence-corrected chi connectivity index (χ3v) is 13.7. The van der Waals surface area contributed by atoms with Gasteiger partial charge in [0.25, 0.3) is 0 Å². The first-order valence-electron chi connectivity index (χ1n) is 21.2. The highest BCUT2D eigenvalue weighted by molar-refractivity contribution is 5.89. The Kier molecular flexibility index (Phi) is 8.96. The maximum Gasteiger partial charge on any atom is 0.0540 e. The van der Waals surface area contributed by atoms with Gasteiger partial charge in [-0.1, -0.05) is 111 Å². The maximum absolute atomic E-state index is 2.84. The molecule has 2 unspecified atom stereocenters. The summed E-state index contributed by atoms with van der Waals surface area (Å²) in [5, 5.41) is 0. The summed E-state index contributed by atoms with van der Waals surface area (Å²) in [6.45, 7) is 23.4. The van der Waals surface area contributed by atoms with Crippen LogP contribution in [0, 0.1) is 20.8 Å². The predicted molar refractivity (Wildman–Crippen MR) is 242 cm³/mol. The van der Waals surface area contributed by atoms with Crippen LogP contribution in [-0.4, -0.2) is 17.0 Å². The zero-order valence-corrected chi connectivity index (χ0v) is 35.8. The van der Waals surface area contributed by atoms with E-state index in [4.69, 9.17) is 0 Å². The Hall–Kier alpha value is -5.28. The van der Waals surface area contributed by atoms with Crippen molar-refractivity contribution < 1.29 is 0 Å². The van der Waals surface area contributed by atoms with Crippen LogP contribution in [0.2, 0.25) is 0 Å². The average molecular weight is 750 g/mol. The van der Waals surface area contributed by atoms with Gasteiger partial charge in [0.2, 0.25) is 0 Å². The molecule has 3 aliphatic carbocycles. The van der Waals surface area contributed by atoms with E-state index in [0.717, 1.165) is 25.7 Å². The van der Waals surface area contributed by atoms with Gasteiger partial charge >= 0.3 is 0 Å². The van der Waals surface area contributed by atoms with Gasteiger partial charge in [-0.3, -0.25) is 0 Å². The van der Waals surface area contributed by atoms with Gasteiger partial charge in [-0.05, 0) is 155 Å². The minimum Gasteiger partial charge on any atom is -0.361 e. The first-order valence-corrected chi connectivity index (χ1v) is 21.2. The molecule has 2 atom stereocenters. The standard InChI is InChI=1S/C54H59N3/c1-34-15-20-40(21-16-34)55(43-29-37(4)27-38(5)30-43)42-24-26-51-46(31-42)54(9,10)48-33-44(32-47-52(48)57(51)50-14-12-11-13-45(50)53(47,7)8)56(41-22-17-35(2)18-23-41)49-25-19-36(3)28-39(49)6/h11-17,19-22,24,26-31,33,44,49H,18,23,25,32H2,1-10H3. The Morgan fingerprint density at radius 1 is 0.649 bits per heavy atom. The van der Waals surface area contributed by atoms with Crippen LogP contribution >= 0.6 is 0 Å². The van der Waals surface area contributed by atoms with Gasteiger partial charge < -0.3 is 14.7 Å². The molecular weight excluding hydrogens is 691 g/mol. The van der Waals surface area contributed by atoms with Crippen molar-refractivity contribution in [2.75, 3.05) is 9.80 Å². The summed E-state index contributed by atoms with van der Waals surface area (Å²) < 4.78 is 0. The molecule has 0 saturated carbocycles. The molecule has 0 aromatic heterocycles. The molecule has 0 N–H and O–H groups in total. The number of fused-ring (bicyclic) bond motifs is 4. The zero-order valence-electron chi connectivity index (χ0n) is 35.8. The SMILES string of the molecule is CC1=CCC(N(C2=CC=C(C)CC2)C2C=C3C4=C(C2)C(C)(C)c2ccccc2N4c2ccc(N(c4ccc(C)cc4)c4cc(C)cc(C)c4)cc2C3(C)C)C(C)=C1. The number of benzene rings is 4. The molecule has 0 amide bonds. The number of para-hydroxylation sites is 1. The molecule has 3 heteroatoms. The largest absolute Gasteiger partial charge is 0.361 e. The van der Waals surface area contributed by atoms with E-state index in [1.54, 1.807) is 5.57 Å². The van der Waals surface area contributed by atoms with Crippen molar-refractivity contribution in [3.05, 3.63) is 182 Å². The second kappa shape index (κ2) is 13.7. The van der Waals surface area contributed by atoms with E-state index in [2.05, 4.69) is 199 Å². The Labute approximate surface area is 342 Å². The summed E-state index contributed by atoms with van der Waals surface area (Å²) in [4.78, 5) is 7.94. The molecule has 5 aliphatic rings. The van der Waals surface area contributed by atoms with Gasteiger partial charge in [-0.15, -0.1) is 0 Å². The molecule has 9 rings (SSSR count). The average Bonchev–Trinajstić information content (AvgIpc) is 3.17. The lowest BCUT2D eigenvalue weighted by Gasteiger charge is -2.55. The van der Waals surface area contributed by atoms with Crippen LogP contribution in [0.1, 0.15) is 102 Å². The predicted octanol–water partition coefficient (Wildman–Crippen LogP) is 14.3. The van der Waals surface area contributed by atoms with E-state index in [-0.39, 0.29) is 16.9 Å². The molecule has 57 heavy (non-hydrogen) atoms. The van der Waals surface area contributed by atoms with E-state index in [9.17, 15) is 0 Å². The second-order valence-electron chi connectivity index (χ2n) is 18.7. The van der Waals surface area contributed by atoms with Crippen LogP contribution in [0.15, 0.2) is 155 Å². The smallest absolute Gasteiger partial charge is 0.0540 e. The second-order valence-corrected chi connectivity index (χ2v) is 18.7. The van der Waals surface area contributed by atoms with Crippen LogP contribution < -0.4 is 9.80 Å². The van der Waals surface area contributed by atoms with E-state index < -0.39 is 0 Å². The minimum absolute atomic E-state index is 0.129. The molecule has 0 spiro atoms. The zero-order chi connectivity index (χ0) is 40.0. The first kappa shape index (κ1) is 37.3. The topological polar surface area (TPSA) is 9.72 Å². The third-order valence-electron chi connectivity index (χ3n) is 13.7. The molecule has 0 bridgehead atoms. The summed E-state index contributed by atoms with van der Waals surface area (Å²) in [7, 11) is 0. The fourth-order valence-corrected chi connectivity index (χ4v) is 10.7. The lowest BCUT2D eigenvalue weighted by molar-refractivity contribution is 0.217. The Morgan fingerprint density at radius 3 is 2.05 bits per heavy atom. The van der Waals surface area contributed by atoms with Crippen molar-refractivity contribution in [1.29, 1.82) is 0 Å². The molecule has 0 saturated heterocycles. The fourth-order valence-electron chi connectivity index (χ4n) is 10.7. The van der Waals surface area contributed by atoms with Crippen LogP contribution in [0.5, 0.6) is 0 Å². The summed E-state index contributed by atoms with van der Waals surface area (Å²) in [6.07, 6.45) is 16.6. The van der Waals surface area contributed by atoms with E-state index >= 15 is 0 Å². The van der Waals surface area contributed by atoms with Gasteiger partial charge in [0.15, 0.2) is 0 Å². The maximum atomic E-state index is 2.84. The van der Waals surface area contributed by atoms with Crippen LogP contribution in [-0.2, 0) is 10.8 Å². The third kappa shape index (κ3) is 6.17. The molecule has 2 heterocycles. The fraction of sp³-hybridized carbons (Fsp3) is 0.333. The number of aryl methyl sites for hydroxylation is 3. The molecule has 2 aliphatic heterocycles. The van der Waals surface area contributed by atoms with E-state index in [1.165, 1.54) is 89.9 Å². The summed E-state index contributed by atoms with van der Waals surface area (Å²) in [6, 6.07) is 33.0. The summed E-state index contributed by atoms with van der Waals surface area (Å²) in [5.41, 5.74) is 22.5. The molecule has 290 valence electrons. The van der Waals surface area contributed by atoms with Crippen molar-refractivity contribution in [2.45, 2.75) is 118 Å². The molecule has 4 aromatic rings. The van der Waals surface area contributed by atoms with Gasteiger partial charge in [0.05, 0.1) is 29.2 Å². The summed E-state index contributed by atoms with van der Waals surface area (Å²) in [5.74, 6) is 0. The number of nitrogens with zero attached hydrogens (tertiary/aromatic N) is 3. The Bertz CT molecular complexity index is 2470. The van der Waals surface area contributed by atoms with Gasteiger partial charge in [-0.25, -0.2) is 0 Å². The number of hydrogen-bond acceptors (Lipinski definition) is 3. The number of hydrogen-bond donors (Lipinski definition) is 0. The highest BCUT2D eigenvalue weighted by Crippen LogP contribution is 2.61. The molecule has 4 aromatic carbocycles. The molecule has 0 radical (unpaired) electrons. The van der Waals surface area contributed by atoms with Crippen molar-refractivity contribution in [2.24, 2.45) is 0 Å². The van der Waals surface area contributed by atoms with Crippen LogP contribution in [0.4, 0.5) is 28.4 Å². The molecular formula is C54H59N3. The van der Waals surface area contributed by atoms with E-state index in [1.807, 2.05) is 0 Å². The lowest BCUT2D eigenvalue weighted by Crippen LogP contribution is -2.50. The lowest BCUT2D eigenvalue weighted by atomic mass is 9.62. The van der Waals surface area contributed by atoms with Gasteiger partial charge in [0, 0.05) is 33.6 Å². The van der Waals surface area contributed by atoms with Crippen molar-refractivity contribution in [1.82, 2.24) is 4.90 Å². The van der Waals surface area contributed by atoms with Gasteiger partial charge in [-0.2, -0.15) is 0 Å². The highest BCUT2D eigenvalue weighted by atomic mass is 15.2. The number of rotatable bonds is 6. The normalized spacial score (nSPS) is 21.6. The Balaban J connectivity index is 1.27. The Morgan fingerprint density at radius 2 is 1.35 bits per heavy atom. The number of allylic oxidation sites excluding steroid dienone is 7. The molecule has 3 nitrogen and oxygen atoms in total. The van der Waals surface area contributed by atoms with Crippen LogP contribution in [0.3, 0.4) is 0 Å². The number of anilines is 5. The molecule has 0 fully saturated rings. The summed E-state index contributed by atoms with van der Waals surface area (Å²) >= 11 is 0. The quantitative estimate of drug-likeness (QED) is 0.194.